The van der Waals surface area contributed by atoms with Gasteiger partial charge in [-0.3, -0.25) is 4.72 Å². The van der Waals surface area contributed by atoms with Crippen LogP contribution in [-0.4, -0.2) is 23.1 Å². The SMILES string of the molecule is Cc1ccc2c(c1)CCC2NS(=O)(=O)c1ccc(NS(C)(=O)=O)cc1. The zero-order valence-corrected chi connectivity index (χ0v) is 15.6. The van der Waals surface area contributed by atoms with Crippen molar-refractivity contribution in [2.24, 2.45) is 0 Å². The van der Waals surface area contributed by atoms with Gasteiger partial charge in [0.1, 0.15) is 0 Å². The fraction of sp³-hybridized carbons (Fsp3) is 0.294. The molecule has 1 unspecified atom stereocenters. The third kappa shape index (κ3) is 4.20. The topological polar surface area (TPSA) is 92.3 Å². The van der Waals surface area contributed by atoms with E-state index >= 15 is 0 Å². The summed E-state index contributed by atoms with van der Waals surface area (Å²) in [5.74, 6) is 0. The van der Waals surface area contributed by atoms with E-state index in [1.165, 1.54) is 29.8 Å². The maximum absolute atomic E-state index is 12.6. The molecule has 0 fully saturated rings. The number of benzene rings is 2. The summed E-state index contributed by atoms with van der Waals surface area (Å²) in [6.45, 7) is 2.02. The molecule has 0 heterocycles. The first kappa shape index (κ1) is 17.9. The predicted octanol–water partition coefficient (Wildman–Crippen LogP) is 2.33. The van der Waals surface area contributed by atoms with Crippen LogP contribution in [0.5, 0.6) is 0 Å². The van der Waals surface area contributed by atoms with E-state index in [2.05, 4.69) is 15.5 Å². The Bertz CT molecular complexity index is 997. The number of aryl methyl sites for hydroxylation is 2. The van der Waals surface area contributed by atoms with Crippen molar-refractivity contribution >= 4 is 25.7 Å². The molecule has 0 amide bonds. The highest BCUT2D eigenvalue weighted by atomic mass is 32.2. The number of fused-ring (bicyclic) bond motifs is 1. The van der Waals surface area contributed by atoms with Gasteiger partial charge in [-0.05, 0) is 55.2 Å². The molecule has 8 heteroatoms. The summed E-state index contributed by atoms with van der Waals surface area (Å²) in [6.07, 6.45) is 2.62. The summed E-state index contributed by atoms with van der Waals surface area (Å²) in [7, 11) is -7.08. The highest BCUT2D eigenvalue weighted by molar-refractivity contribution is 7.92. The second kappa shape index (κ2) is 6.44. The van der Waals surface area contributed by atoms with Crippen molar-refractivity contribution in [3.05, 3.63) is 59.2 Å². The number of nitrogens with one attached hydrogen (secondary N) is 2. The van der Waals surface area contributed by atoms with Gasteiger partial charge in [0.2, 0.25) is 20.0 Å². The van der Waals surface area contributed by atoms with E-state index < -0.39 is 20.0 Å². The van der Waals surface area contributed by atoms with Crippen LogP contribution in [0.2, 0.25) is 0 Å². The molecule has 2 aromatic carbocycles. The van der Waals surface area contributed by atoms with Crippen LogP contribution in [0.3, 0.4) is 0 Å². The Balaban J connectivity index is 1.79. The summed E-state index contributed by atoms with van der Waals surface area (Å²) in [4.78, 5) is 0.104. The van der Waals surface area contributed by atoms with Gasteiger partial charge in [-0.2, -0.15) is 0 Å². The van der Waals surface area contributed by atoms with Crippen molar-refractivity contribution in [3.8, 4) is 0 Å². The number of anilines is 1. The first-order chi connectivity index (χ1) is 11.6. The molecule has 1 aliphatic rings. The Kier molecular flexibility index (Phi) is 4.61. The molecule has 1 aliphatic carbocycles. The van der Waals surface area contributed by atoms with Gasteiger partial charge < -0.3 is 0 Å². The quantitative estimate of drug-likeness (QED) is 0.833. The molecule has 0 radical (unpaired) electrons. The minimum absolute atomic E-state index is 0.104. The summed E-state index contributed by atoms with van der Waals surface area (Å²) in [5.41, 5.74) is 3.68. The third-order valence-corrected chi connectivity index (χ3v) is 6.24. The number of rotatable bonds is 5. The Morgan fingerprint density at radius 3 is 2.32 bits per heavy atom. The van der Waals surface area contributed by atoms with Crippen LogP contribution in [0.25, 0.3) is 0 Å². The van der Waals surface area contributed by atoms with Crippen LogP contribution in [0.4, 0.5) is 5.69 Å². The van der Waals surface area contributed by atoms with Gasteiger partial charge in [0.05, 0.1) is 11.2 Å². The molecule has 3 rings (SSSR count). The number of hydrogen-bond donors (Lipinski definition) is 2. The smallest absolute Gasteiger partial charge is 0.241 e. The number of hydrogen-bond acceptors (Lipinski definition) is 4. The maximum atomic E-state index is 12.6. The van der Waals surface area contributed by atoms with Crippen molar-refractivity contribution in [2.45, 2.75) is 30.7 Å². The fourth-order valence-electron chi connectivity index (χ4n) is 3.04. The molecular weight excluding hydrogens is 360 g/mol. The van der Waals surface area contributed by atoms with Crippen LogP contribution >= 0.6 is 0 Å². The van der Waals surface area contributed by atoms with Crippen molar-refractivity contribution in [2.75, 3.05) is 11.0 Å². The summed E-state index contributed by atoms with van der Waals surface area (Å²) >= 11 is 0. The molecule has 25 heavy (non-hydrogen) atoms. The third-order valence-electron chi connectivity index (χ3n) is 4.14. The molecule has 2 aromatic rings. The van der Waals surface area contributed by atoms with E-state index in [9.17, 15) is 16.8 Å². The standard InChI is InChI=1S/C17H20N2O4S2/c1-12-3-9-16-13(11-12)4-10-17(16)19-25(22,23)15-7-5-14(6-8-15)18-24(2,20)21/h3,5-9,11,17-19H,4,10H2,1-2H3. The van der Waals surface area contributed by atoms with Crippen LogP contribution in [0.1, 0.15) is 29.2 Å². The second-order valence-electron chi connectivity index (χ2n) is 6.31. The van der Waals surface area contributed by atoms with E-state index in [4.69, 9.17) is 0 Å². The van der Waals surface area contributed by atoms with Crippen molar-refractivity contribution in [1.29, 1.82) is 0 Å². The lowest BCUT2D eigenvalue weighted by atomic mass is 10.1. The molecule has 2 N–H and O–H groups in total. The maximum Gasteiger partial charge on any atom is 0.241 e. The zero-order valence-electron chi connectivity index (χ0n) is 14.0. The average Bonchev–Trinajstić information content (AvgIpc) is 2.87. The van der Waals surface area contributed by atoms with Gasteiger partial charge >= 0.3 is 0 Å². The lowest BCUT2D eigenvalue weighted by molar-refractivity contribution is 0.554. The van der Waals surface area contributed by atoms with Gasteiger partial charge in [0.25, 0.3) is 0 Å². The highest BCUT2D eigenvalue weighted by Crippen LogP contribution is 2.33. The lowest BCUT2D eigenvalue weighted by Crippen LogP contribution is -2.27. The Morgan fingerprint density at radius 1 is 1.00 bits per heavy atom. The normalized spacial score (nSPS) is 17.3. The minimum Gasteiger partial charge on any atom is -0.284 e. The second-order valence-corrected chi connectivity index (χ2v) is 9.78. The molecule has 0 aromatic heterocycles. The molecule has 0 saturated carbocycles. The van der Waals surface area contributed by atoms with Gasteiger partial charge in [-0.15, -0.1) is 0 Å². The first-order valence-electron chi connectivity index (χ1n) is 7.84. The van der Waals surface area contributed by atoms with Gasteiger partial charge in [-0.25, -0.2) is 21.6 Å². The van der Waals surface area contributed by atoms with Crippen LogP contribution in [0.15, 0.2) is 47.4 Å². The summed E-state index contributed by atoms with van der Waals surface area (Å²) in [6, 6.07) is 11.5. The molecule has 1 atom stereocenters. The fourth-order valence-corrected chi connectivity index (χ4v) is 4.85. The summed E-state index contributed by atoms with van der Waals surface area (Å²) < 4.78 is 52.7. The van der Waals surface area contributed by atoms with Crippen LogP contribution in [-0.2, 0) is 26.5 Å². The Hall–Kier alpha value is -1.90. The van der Waals surface area contributed by atoms with Crippen LogP contribution in [0, 0.1) is 6.92 Å². The van der Waals surface area contributed by atoms with Crippen molar-refractivity contribution < 1.29 is 16.8 Å². The molecule has 0 saturated heterocycles. The average molecular weight is 380 g/mol. The molecule has 0 spiro atoms. The molecular formula is C17H20N2O4S2. The van der Waals surface area contributed by atoms with E-state index in [0.29, 0.717) is 5.69 Å². The van der Waals surface area contributed by atoms with Crippen molar-refractivity contribution in [3.63, 3.8) is 0 Å². The van der Waals surface area contributed by atoms with Crippen LogP contribution < -0.4 is 9.44 Å². The van der Waals surface area contributed by atoms with E-state index in [1.807, 2.05) is 19.1 Å². The Morgan fingerprint density at radius 2 is 1.68 bits per heavy atom. The molecule has 134 valence electrons. The molecule has 6 nitrogen and oxygen atoms in total. The van der Waals surface area contributed by atoms with Crippen molar-refractivity contribution in [1.82, 2.24) is 4.72 Å². The predicted molar refractivity (Wildman–Crippen MR) is 97.5 cm³/mol. The van der Waals surface area contributed by atoms with E-state index in [0.717, 1.165) is 30.2 Å². The highest BCUT2D eigenvalue weighted by Gasteiger charge is 2.27. The van der Waals surface area contributed by atoms with E-state index in [1.54, 1.807) is 0 Å². The van der Waals surface area contributed by atoms with E-state index in [-0.39, 0.29) is 10.9 Å². The monoisotopic (exact) mass is 380 g/mol. The summed E-state index contributed by atoms with van der Waals surface area (Å²) in [5, 5.41) is 0. The van der Waals surface area contributed by atoms with Gasteiger partial charge in [-0.1, -0.05) is 23.8 Å². The number of sulfonamides is 2. The zero-order chi connectivity index (χ0) is 18.2. The Labute approximate surface area is 148 Å². The first-order valence-corrected chi connectivity index (χ1v) is 11.2. The largest absolute Gasteiger partial charge is 0.284 e. The van der Waals surface area contributed by atoms with Gasteiger partial charge in [0.15, 0.2) is 0 Å². The minimum atomic E-state index is -3.68. The molecule has 0 bridgehead atoms. The van der Waals surface area contributed by atoms with Gasteiger partial charge in [0, 0.05) is 11.7 Å². The lowest BCUT2D eigenvalue weighted by Gasteiger charge is -2.15. The molecule has 0 aliphatic heterocycles.